The van der Waals surface area contributed by atoms with Gasteiger partial charge in [-0.25, -0.2) is 5.43 Å². The van der Waals surface area contributed by atoms with Gasteiger partial charge in [-0.3, -0.25) is 9.59 Å². The third-order valence-corrected chi connectivity index (χ3v) is 5.59. The molecular weight excluding hydrogens is 398 g/mol. The molecule has 2 N–H and O–H groups in total. The average molecular weight is 417 g/mol. The molecule has 0 bridgehead atoms. The zero-order valence-electron chi connectivity index (χ0n) is 15.9. The summed E-state index contributed by atoms with van der Waals surface area (Å²) < 4.78 is 5.79. The lowest BCUT2D eigenvalue weighted by Gasteiger charge is -2.23. The van der Waals surface area contributed by atoms with Gasteiger partial charge in [-0.1, -0.05) is 42.5 Å². The lowest BCUT2D eigenvalue weighted by molar-refractivity contribution is -0.124. The molecule has 1 aliphatic heterocycles. The Hall–Kier alpha value is -3.58. The Bertz CT molecular complexity index is 1090. The number of fused-ring (bicyclic) bond motifs is 1. The SMILES string of the molecule is O=C(C[C@H]1Sc2ccccc2NC1=O)N/N=C\c1cccc(Oc2ccccc2)c1. The summed E-state index contributed by atoms with van der Waals surface area (Å²) in [5.41, 5.74) is 4.05. The van der Waals surface area contributed by atoms with Crippen LogP contribution in [0.25, 0.3) is 0 Å². The van der Waals surface area contributed by atoms with E-state index in [9.17, 15) is 9.59 Å². The molecule has 0 spiro atoms. The fourth-order valence-corrected chi connectivity index (χ4v) is 4.01. The number of carbonyl (C=O) groups is 2. The molecule has 6 nitrogen and oxygen atoms in total. The molecule has 3 aromatic carbocycles. The predicted octanol–water partition coefficient (Wildman–Crippen LogP) is 4.43. The van der Waals surface area contributed by atoms with Crippen molar-refractivity contribution in [2.24, 2.45) is 5.10 Å². The Labute approximate surface area is 178 Å². The number of anilines is 1. The van der Waals surface area contributed by atoms with Crippen LogP contribution in [0.1, 0.15) is 12.0 Å². The van der Waals surface area contributed by atoms with Gasteiger partial charge in [-0.15, -0.1) is 11.8 Å². The number of para-hydroxylation sites is 2. The van der Waals surface area contributed by atoms with Gasteiger partial charge in [-0.05, 0) is 42.0 Å². The number of thioether (sulfide) groups is 1. The largest absolute Gasteiger partial charge is 0.457 e. The minimum absolute atomic E-state index is 0.0410. The van der Waals surface area contributed by atoms with Gasteiger partial charge in [0.15, 0.2) is 0 Å². The first kappa shape index (κ1) is 19.7. The van der Waals surface area contributed by atoms with Gasteiger partial charge in [0.2, 0.25) is 11.8 Å². The minimum atomic E-state index is -0.488. The molecule has 2 amide bonds. The van der Waals surface area contributed by atoms with Crippen molar-refractivity contribution in [3.05, 3.63) is 84.4 Å². The summed E-state index contributed by atoms with van der Waals surface area (Å²) in [6, 6.07) is 24.4. The number of hydrogen-bond donors (Lipinski definition) is 2. The van der Waals surface area contributed by atoms with Crippen molar-refractivity contribution >= 4 is 35.5 Å². The summed E-state index contributed by atoms with van der Waals surface area (Å²) in [5.74, 6) is 0.911. The van der Waals surface area contributed by atoms with Crippen LogP contribution in [0.3, 0.4) is 0 Å². The molecule has 150 valence electrons. The molecule has 0 fully saturated rings. The fourth-order valence-electron chi connectivity index (χ4n) is 2.90. The fraction of sp³-hybridized carbons (Fsp3) is 0.0870. The number of nitrogens with zero attached hydrogens (tertiary/aromatic N) is 1. The zero-order chi connectivity index (χ0) is 20.8. The van der Waals surface area contributed by atoms with E-state index in [1.54, 1.807) is 6.21 Å². The summed E-state index contributed by atoms with van der Waals surface area (Å²) in [7, 11) is 0. The highest BCUT2D eigenvalue weighted by molar-refractivity contribution is 8.01. The molecule has 1 heterocycles. The number of rotatable bonds is 6. The molecule has 4 rings (SSSR count). The van der Waals surface area contributed by atoms with E-state index in [-0.39, 0.29) is 18.2 Å². The van der Waals surface area contributed by atoms with E-state index in [1.165, 1.54) is 11.8 Å². The van der Waals surface area contributed by atoms with Crippen LogP contribution in [0, 0.1) is 0 Å². The number of carbonyl (C=O) groups excluding carboxylic acids is 2. The van der Waals surface area contributed by atoms with E-state index in [4.69, 9.17) is 4.74 Å². The maximum atomic E-state index is 12.2. The maximum absolute atomic E-state index is 12.2. The molecule has 1 aliphatic rings. The topological polar surface area (TPSA) is 79.8 Å². The van der Waals surface area contributed by atoms with Gasteiger partial charge in [0.05, 0.1) is 17.2 Å². The number of nitrogens with one attached hydrogen (secondary N) is 2. The molecule has 0 aromatic heterocycles. The molecule has 7 heteroatoms. The Balaban J connectivity index is 1.32. The van der Waals surface area contributed by atoms with Crippen molar-refractivity contribution in [1.29, 1.82) is 0 Å². The molecule has 1 atom stereocenters. The first-order chi connectivity index (χ1) is 14.7. The Morgan fingerprint density at radius 2 is 1.80 bits per heavy atom. The Morgan fingerprint density at radius 1 is 1.03 bits per heavy atom. The van der Waals surface area contributed by atoms with Gasteiger partial charge in [-0.2, -0.15) is 5.10 Å². The van der Waals surface area contributed by atoms with E-state index in [0.29, 0.717) is 5.75 Å². The summed E-state index contributed by atoms with van der Waals surface area (Å²) in [4.78, 5) is 25.4. The second-order valence-corrected chi connectivity index (χ2v) is 7.82. The van der Waals surface area contributed by atoms with Crippen LogP contribution in [-0.4, -0.2) is 23.3 Å². The summed E-state index contributed by atoms with van der Waals surface area (Å²) in [5, 5.41) is 6.35. The first-order valence-electron chi connectivity index (χ1n) is 9.39. The molecule has 0 radical (unpaired) electrons. The third kappa shape index (κ3) is 5.07. The van der Waals surface area contributed by atoms with E-state index in [1.807, 2.05) is 78.9 Å². The highest BCUT2D eigenvalue weighted by Crippen LogP contribution is 2.36. The van der Waals surface area contributed by atoms with Crippen molar-refractivity contribution in [3.8, 4) is 11.5 Å². The van der Waals surface area contributed by atoms with Gasteiger partial charge < -0.3 is 10.1 Å². The number of amides is 2. The molecular formula is C23H19N3O3S. The van der Waals surface area contributed by atoms with Crippen LogP contribution in [0.4, 0.5) is 5.69 Å². The monoisotopic (exact) mass is 417 g/mol. The summed E-state index contributed by atoms with van der Waals surface area (Å²) >= 11 is 1.38. The Morgan fingerprint density at radius 3 is 2.67 bits per heavy atom. The van der Waals surface area contributed by atoms with E-state index >= 15 is 0 Å². The Kier molecular flexibility index (Phi) is 6.10. The predicted molar refractivity (Wildman–Crippen MR) is 118 cm³/mol. The van der Waals surface area contributed by atoms with Crippen molar-refractivity contribution in [2.75, 3.05) is 5.32 Å². The summed E-state index contributed by atoms with van der Waals surface area (Å²) in [6.45, 7) is 0. The molecule has 0 aliphatic carbocycles. The van der Waals surface area contributed by atoms with Gasteiger partial charge in [0, 0.05) is 11.3 Å². The quantitative estimate of drug-likeness (QED) is 0.459. The van der Waals surface area contributed by atoms with E-state index in [0.717, 1.165) is 21.9 Å². The van der Waals surface area contributed by atoms with Crippen LogP contribution < -0.4 is 15.5 Å². The smallest absolute Gasteiger partial charge is 0.241 e. The van der Waals surface area contributed by atoms with Crippen LogP contribution in [0.15, 0.2) is 88.9 Å². The van der Waals surface area contributed by atoms with Gasteiger partial charge in [0.25, 0.3) is 0 Å². The third-order valence-electron chi connectivity index (χ3n) is 4.32. The second kappa shape index (κ2) is 9.28. The average Bonchev–Trinajstić information content (AvgIpc) is 2.75. The summed E-state index contributed by atoms with van der Waals surface area (Å²) in [6.07, 6.45) is 1.58. The van der Waals surface area contributed by atoms with Crippen molar-refractivity contribution < 1.29 is 14.3 Å². The molecule has 0 saturated heterocycles. The second-order valence-electron chi connectivity index (χ2n) is 6.58. The normalized spacial score (nSPS) is 15.3. The number of benzene rings is 3. The lowest BCUT2D eigenvalue weighted by Crippen LogP contribution is -2.33. The van der Waals surface area contributed by atoms with Crippen molar-refractivity contribution in [1.82, 2.24) is 5.43 Å². The highest BCUT2D eigenvalue weighted by atomic mass is 32.2. The van der Waals surface area contributed by atoms with E-state index < -0.39 is 5.25 Å². The lowest BCUT2D eigenvalue weighted by atomic mass is 10.2. The highest BCUT2D eigenvalue weighted by Gasteiger charge is 2.28. The number of ether oxygens (including phenoxy) is 1. The van der Waals surface area contributed by atoms with Crippen molar-refractivity contribution in [2.45, 2.75) is 16.6 Å². The molecule has 3 aromatic rings. The van der Waals surface area contributed by atoms with Crippen molar-refractivity contribution in [3.63, 3.8) is 0 Å². The van der Waals surface area contributed by atoms with Gasteiger partial charge >= 0.3 is 0 Å². The number of hydrazone groups is 1. The van der Waals surface area contributed by atoms with Crippen LogP contribution in [0.5, 0.6) is 11.5 Å². The number of hydrogen-bond acceptors (Lipinski definition) is 5. The molecule has 30 heavy (non-hydrogen) atoms. The first-order valence-corrected chi connectivity index (χ1v) is 10.3. The van der Waals surface area contributed by atoms with Crippen LogP contribution in [0.2, 0.25) is 0 Å². The minimum Gasteiger partial charge on any atom is -0.457 e. The molecule has 0 saturated carbocycles. The maximum Gasteiger partial charge on any atom is 0.241 e. The van der Waals surface area contributed by atoms with Crippen LogP contribution in [-0.2, 0) is 9.59 Å². The van der Waals surface area contributed by atoms with Crippen LogP contribution >= 0.6 is 11.8 Å². The standard InChI is InChI=1S/C23H19N3O3S/c27-22(14-21-23(28)25-19-11-4-5-12-20(19)30-21)26-24-15-16-7-6-10-18(13-16)29-17-8-2-1-3-9-17/h1-13,15,21H,14H2,(H,25,28)(H,26,27)/b24-15-/t21-/m1/s1. The molecule has 0 unspecified atom stereocenters. The zero-order valence-corrected chi connectivity index (χ0v) is 16.8. The van der Waals surface area contributed by atoms with Gasteiger partial charge in [0.1, 0.15) is 11.5 Å². The van der Waals surface area contributed by atoms with E-state index in [2.05, 4.69) is 15.8 Å².